The molecule has 0 spiro atoms. The van der Waals surface area contributed by atoms with Crippen LogP contribution in [0.1, 0.15) is 25.8 Å². The summed E-state index contributed by atoms with van der Waals surface area (Å²) in [5.41, 5.74) is -1.60. The van der Waals surface area contributed by atoms with Gasteiger partial charge in [0.25, 0.3) is 0 Å². The Kier molecular flexibility index (Phi) is 5.60. The standard InChI is InChI=1S/C14H18F3NO3/c1-3-8-21-11-6-4-10(5-7-11)13(2,12(19)20)18-9-14(15,16)17/h4-7,18H,3,8-9H2,1-2H3,(H,19,20). The molecule has 0 radical (unpaired) electrons. The minimum absolute atomic E-state index is 0.225. The zero-order valence-electron chi connectivity index (χ0n) is 11.8. The number of halogens is 3. The van der Waals surface area contributed by atoms with Crippen molar-refractivity contribution >= 4 is 5.97 Å². The first-order valence-electron chi connectivity index (χ1n) is 6.47. The maximum Gasteiger partial charge on any atom is 0.401 e. The van der Waals surface area contributed by atoms with E-state index in [1.54, 1.807) is 12.1 Å². The van der Waals surface area contributed by atoms with E-state index in [-0.39, 0.29) is 5.56 Å². The summed E-state index contributed by atoms with van der Waals surface area (Å²) in [5.74, 6) is -0.835. The number of aliphatic carboxylic acids is 1. The van der Waals surface area contributed by atoms with Gasteiger partial charge in [-0.15, -0.1) is 0 Å². The highest BCUT2D eigenvalue weighted by Crippen LogP contribution is 2.25. The number of hydrogen-bond donors (Lipinski definition) is 2. The van der Waals surface area contributed by atoms with Gasteiger partial charge in [-0.3, -0.25) is 5.32 Å². The summed E-state index contributed by atoms with van der Waals surface area (Å²) in [6.45, 7) is 2.27. The second-order valence-corrected chi connectivity index (χ2v) is 4.77. The van der Waals surface area contributed by atoms with Crippen molar-refractivity contribution in [2.24, 2.45) is 0 Å². The van der Waals surface area contributed by atoms with Gasteiger partial charge < -0.3 is 9.84 Å². The second kappa shape index (κ2) is 6.80. The van der Waals surface area contributed by atoms with E-state index < -0.39 is 24.2 Å². The van der Waals surface area contributed by atoms with Gasteiger partial charge in [0.2, 0.25) is 0 Å². The van der Waals surface area contributed by atoms with Gasteiger partial charge in [-0.1, -0.05) is 19.1 Å². The first-order chi connectivity index (χ1) is 9.69. The molecule has 1 rings (SSSR count). The fourth-order valence-corrected chi connectivity index (χ4v) is 1.68. The van der Waals surface area contributed by atoms with Crippen molar-refractivity contribution < 1.29 is 27.8 Å². The minimum Gasteiger partial charge on any atom is -0.494 e. The monoisotopic (exact) mass is 305 g/mol. The van der Waals surface area contributed by atoms with Crippen LogP contribution in [-0.2, 0) is 10.3 Å². The van der Waals surface area contributed by atoms with Gasteiger partial charge in [0.1, 0.15) is 11.3 Å². The Morgan fingerprint density at radius 2 is 1.86 bits per heavy atom. The Bertz CT molecular complexity index is 473. The molecule has 0 saturated heterocycles. The summed E-state index contributed by atoms with van der Waals surface area (Å²) >= 11 is 0. The van der Waals surface area contributed by atoms with Crippen LogP contribution < -0.4 is 10.1 Å². The van der Waals surface area contributed by atoms with E-state index in [4.69, 9.17) is 4.74 Å². The highest BCUT2D eigenvalue weighted by atomic mass is 19.4. The molecule has 2 N–H and O–H groups in total. The van der Waals surface area contributed by atoms with Crippen LogP contribution in [-0.4, -0.2) is 30.4 Å². The summed E-state index contributed by atoms with van der Waals surface area (Å²) in [7, 11) is 0. The number of ether oxygens (including phenoxy) is 1. The highest BCUT2D eigenvalue weighted by molar-refractivity contribution is 5.80. The Morgan fingerprint density at radius 1 is 1.29 bits per heavy atom. The van der Waals surface area contributed by atoms with Gasteiger partial charge in [-0.2, -0.15) is 13.2 Å². The van der Waals surface area contributed by atoms with Crippen LogP contribution in [0.15, 0.2) is 24.3 Å². The van der Waals surface area contributed by atoms with Gasteiger partial charge >= 0.3 is 12.1 Å². The van der Waals surface area contributed by atoms with Gasteiger partial charge in [0, 0.05) is 0 Å². The maximum absolute atomic E-state index is 12.3. The first kappa shape index (κ1) is 17.3. The molecular formula is C14H18F3NO3. The lowest BCUT2D eigenvalue weighted by molar-refractivity contribution is -0.150. The molecule has 7 heteroatoms. The fourth-order valence-electron chi connectivity index (χ4n) is 1.68. The normalized spacial score (nSPS) is 14.5. The number of alkyl halides is 3. The Labute approximate surface area is 120 Å². The van der Waals surface area contributed by atoms with E-state index >= 15 is 0 Å². The van der Waals surface area contributed by atoms with Crippen molar-refractivity contribution in [2.45, 2.75) is 32.0 Å². The Hall–Kier alpha value is -1.76. The van der Waals surface area contributed by atoms with E-state index in [9.17, 15) is 23.1 Å². The number of rotatable bonds is 7. The number of carboxylic acids is 1. The van der Waals surface area contributed by atoms with Gasteiger partial charge in [-0.05, 0) is 31.0 Å². The molecule has 1 atom stereocenters. The third-order valence-electron chi connectivity index (χ3n) is 2.97. The van der Waals surface area contributed by atoms with E-state index in [0.29, 0.717) is 12.4 Å². The van der Waals surface area contributed by atoms with Crippen LogP contribution in [0.25, 0.3) is 0 Å². The number of carbonyl (C=O) groups is 1. The van der Waals surface area contributed by atoms with Crippen molar-refractivity contribution in [3.05, 3.63) is 29.8 Å². The van der Waals surface area contributed by atoms with Crippen molar-refractivity contribution in [3.8, 4) is 5.75 Å². The average molecular weight is 305 g/mol. The molecule has 1 unspecified atom stereocenters. The summed E-state index contributed by atoms with van der Waals surface area (Å²) in [5, 5.41) is 11.3. The van der Waals surface area contributed by atoms with E-state index in [2.05, 4.69) is 0 Å². The molecule has 0 fully saturated rings. The average Bonchev–Trinajstić information content (AvgIpc) is 2.42. The molecule has 0 aliphatic carbocycles. The van der Waals surface area contributed by atoms with E-state index in [0.717, 1.165) is 6.42 Å². The second-order valence-electron chi connectivity index (χ2n) is 4.77. The summed E-state index contributed by atoms with van der Waals surface area (Å²) in [4.78, 5) is 11.3. The predicted molar refractivity (Wildman–Crippen MR) is 71.3 cm³/mol. The molecule has 0 aliphatic heterocycles. The van der Waals surface area contributed by atoms with Crippen LogP contribution in [0.5, 0.6) is 5.75 Å². The van der Waals surface area contributed by atoms with E-state index in [1.807, 2.05) is 12.2 Å². The molecule has 1 aromatic rings. The van der Waals surface area contributed by atoms with Crippen molar-refractivity contribution in [1.82, 2.24) is 5.32 Å². The topological polar surface area (TPSA) is 58.6 Å². The zero-order valence-corrected chi connectivity index (χ0v) is 11.8. The summed E-state index contributed by atoms with van der Waals surface area (Å²) < 4.78 is 42.2. The fraction of sp³-hybridized carbons (Fsp3) is 0.500. The molecule has 0 amide bonds. The number of benzene rings is 1. The number of carboxylic acid groups (broad SMARTS) is 1. The SMILES string of the molecule is CCCOc1ccc(C(C)(NCC(F)(F)F)C(=O)O)cc1. The molecule has 0 saturated carbocycles. The highest BCUT2D eigenvalue weighted by Gasteiger charge is 2.39. The third kappa shape index (κ3) is 4.93. The van der Waals surface area contributed by atoms with E-state index in [1.165, 1.54) is 19.1 Å². The predicted octanol–water partition coefficient (Wildman–Crippen LogP) is 2.93. The Balaban J connectivity index is 2.92. The molecule has 21 heavy (non-hydrogen) atoms. The number of nitrogens with one attached hydrogen (secondary N) is 1. The van der Waals surface area contributed by atoms with Crippen LogP contribution in [0, 0.1) is 0 Å². The van der Waals surface area contributed by atoms with Gasteiger partial charge in [0.05, 0.1) is 13.2 Å². The smallest absolute Gasteiger partial charge is 0.401 e. The molecule has 1 aromatic carbocycles. The van der Waals surface area contributed by atoms with Crippen molar-refractivity contribution in [2.75, 3.05) is 13.2 Å². The minimum atomic E-state index is -4.49. The van der Waals surface area contributed by atoms with Crippen LogP contribution in [0.4, 0.5) is 13.2 Å². The Morgan fingerprint density at radius 3 is 2.29 bits per heavy atom. The number of hydrogen-bond acceptors (Lipinski definition) is 3. The van der Waals surface area contributed by atoms with Crippen molar-refractivity contribution in [1.29, 1.82) is 0 Å². The first-order valence-corrected chi connectivity index (χ1v) is 6.47. The lowest BCUT2D eigenvalue weighted by atomic mass is 9.92. The quantitative estimate of drug-likeness (QED) is 0.813. The third-order valence-corrected chi connectivity index (χ3v) is 2.97. The molecule has 4 nitrogen and oxygen atoms in total. The summed E-state index contributed by atoms with van der Waals surface area (Å²) in [6, 6.07) is 5.98. The maximum atomic E-state index is 12.3. The van der Waals surface area contributed by atoms with Crippen LogP contribution >= 0.6 is 0 Å². The molecular weight excluding hydrogens is 287 g/mol. The largest absolute Gasteiger partial charge is 0.494 e. The van der Waals surface area contributed by atoms with Crippen molar-refractivity contribution in [3.63, 3.8) is 0 Å². The van der Waals surface area contributed by atoms with Crippen LogP contribution in [0.3, 0.4) is 0 Å². The molecule has 0 heterocycles. The molecule has 0 aromatic heterocycles. The molecule has 118 valence electrons. The van der Waals surface area contributed by atoms with Gasteiger partial charge in [-0.25, -0.2) is 4.79 Å². The molecule has 0 bridgehead atoms. The zero-order chi connectivity index (χ0) is 16.1. The lowest BCUT2D eigenvalue weighted by Gasteiger charge is -2.27. The van der Waals surface area contributed by atoms with Crippen LogP contribution in [0.2, 0.25) is 0 Å². The summed E-state index contributed by atoms with van der Waals surface area (Å²) in [6.07, 6.45) is -3.66. The molecule has 0 aliphatic rings. The van der Waals surface area contributed by atoms with Gasteiger partial charge in [0.15, 0.2) is 0 Å². The lowest BCUT2D eigenvalue weighted by Crippen LogP contribution is -2.50.